The lowest BCUT2D eigenvalue weighted by atomic mass is 10.2. The van der Waals surface area contributed by atoms with Crippen LogP contribution in [-0.4, -0.2) is 47.7 Å². The van der Waals surface area contributed by atoms with Crippen molar-refractivity contribution in [2.75, 3.05) is 36.8 Å². The molecule has 26 heavy (non-hydrogen) atoms. The normalized spacial score (nSPS) is 14.3. The van der Waals surface area contributed by atoms with E-state index in [2.05, 4.69) is 4.90 Å². The van der Waals surface area contributed by atoms with Crippen LogP contribution in [0.4, 0.5) is 11.4 Å². The van der Waals surface area contributed by atoms with Crippen molar-refractivity contribution >= 4 is 40.6 Å². The summed E-state index contributed by atoms with van der Waals surface area (Å²) in [6.45, 7) is 2.94. The fraction of sp³-hybridized carbons (Fsp3) is 0.278. The van der Waals surface area contributed by atoms with Crippen molar-refractivity contribution in [1.29, 1.82) is 0 Å². The van der Waals surface area contributed by atoms with Crippen molar-refractivity contribution in [3.63, 3.8) is 0 Å². The smallest absolute Gasteiger partial charge is 0.269 e. The van der Waals surface area contributed by atoms with Crippen LogP contribution in [0.15, 0.2) is 53.4 Å². The van der Waals surface area contributed by atoms with E-state index in [-0.39, 0.29) is 11.6 Å². The standard InChI is InChI=1S/C18H18ClN3O3S/c19-14-1-3-15(4-2-14)20-9-11-21(12-10-20)18(23)13-26-17-7-5-16(6-8-17)22(24)25/h1-8H,9-13H2. The van der Waals surface area contributed by atoms with Crippen LogP contribution in [-0.2, 0) is 4.79 Å². The van der Waals surface area contributed by atoms with Gasteiger partial charge >= 0.3 is 0 Å². The zero-order chi connectivity index (χ0) is 18.5. The van der Waals surface area contributed by atoms with Gasteiger partial charge in [0.15, 0.2) is 0 Å². The minimum Gasteiger partial charge on any atom is -0.368 e. The summed E-state index contributed by atoms with van der Waals surface area (Å²) >= 11 is 7.32. The number of amides is 1. The van der Waals surface area contributed by atoms with Gasteiger partial charge in [-0.25, -0.2) is 0 Å². The van der Waals surface area contributed by atoms with E-state index >= 15 is 0 Å². The average molecular weight is 392 g/mol. The van der Waals surface area contributed by atoms with E-state index in [1.54, 1.807) is 12.1 Å². The predicted octanol–water partition coefficient (Wildman–Crippen LogP) is 3.69. The number of anilines is 1. The number of halogens is 1. The Morgan fingerprint density at radius 1 is 1.04 bits per heavy atom. The Hall–Kier alpha value is -2.25. The quantitative estimate of drug-likeness (QED) is 0.441. The molecule has 1 saturated heterocycles. The Morgan fingerprint density at radius 3 is 2.23 bits per heavy atom. The minimum atomic E-state index is -0.431. The van der Waals surface area contributed by atoms with Crippen LogP contribution < -0.4 is 4.90 Å². The SMILES string of the molecule is O=C(CSc1ccc([N+](=O)[O-])cc1)N1CCN(c2ccc(Cl)cc2)CC1. The number of rotatable bonds is 5. The summed E-state index contributed by atoms with van der Waals surface area (Å²) in [6.07, 6.45) is 0. The third-order valence-electron chi connectivity index (χ3n) is 4.23. The summed E-state index contributed by atoms with van der Waals surface area (Å²) in [4.78, 5) is 27.6. The number of nitro groups is 1. The van der Waals surface area contributed by atoms with Crippen molar-refractivity contribution in [3.8, 4) is 0 Å². The van der Waals surface area contributed by atoms with Gasteiger partial charge in [0.25, 0.3) is 5.69 Å². The first-order valence-electron chi connectivity index (χ1n) is 8.18. The van der Waals surface area contributed by atoms with Crippen LogP contribution in [0.3, 0.4) is 0 Å². The van der Waals surface area contributed by atoms with E-state index < -0.39 is 4.92 Å². The van der Waals surface area contributed by atoms with Crippen molar-refractivity contribution < 1.29 is 9.72 Å². The van der Waals surface area contributed by atoms with Gasteiger partial charge in [0.1, 0.15) is 0 Å². The Kier molecular flexibility index (Phi) is 6.00. The second kappa shape index (κ2) is 8.42. The van der Waals surface area contributed by atoms with E-state index in [1.807, 2.05) is 29.2 Å². The van der Waals surface area contributed by atoms with E-state index in [0.29, 0.717) is 23.9 Å². The molecule has 2 aromatic rings. The Labute approximate surface area is 160 Å². The summed E-state index contributed by atoms with van der Waals surface area (Å²) in [5.74, 6) is 0.419. The lowest BCUT2D eigenvalue weighted by Gasteiger charge is -2.36. The van der Waals surface area contributed by atoms with Crippen molar-refractivity contribution in [2.45, 2.75) is 4.90 Å². The van der Waals surface area contributed by atoms with E-state index in [9.17, 15) is 14.9 Å². The lowest BCUT2D eigenvalue weighted by molar-refractivity contribution is -0.384. The van der Waals surface area contributed by atoms with E-state index in [0.717, 1.165) is 23.7 Å². The molecule has 0 N–H and O–H groups in total. The Bertz CT molecular complexity index is 775. The van der Waals surface area contributed by atoms with Crippen molar-refractivity contribution in [2.24, 2.45) is 0 Å². The first-order chi connectivity index (χ1) is 12.5. The molecular formula is C18H18ClN3O3S. The first-order valence-corrected chi connectivity index (χ1v) is 9.55. The third kappa shape index (κ3) is 4.68. The second-order valence-electron chi connectivity index (χ2n) is 5.88. The topological polar surface area (TPSA) is 66.7 Å². The molecule has 1 heterocycles. The van der Waals surface area contributed by atoms with Gasteiger partial charge in [-0.1, -0.05) is 11.6 Å². The highest BCUT2D eigenvalue weighted by molar-refractivity contribution is 8.00. The highest BCUT2D eigenvalue weighted by Gasteiger charge is 2.21. The van der Waals surface area contributed by atoms with Crippen LogP contribution in [0, 0.1) is 10.1 Å². The number of nitrogens with zero attached hydrogens (tertiary/aromatic N) is 3. The van der Waals surface area contributed by atoms with Crippen LogP contribution in [0.5, 0.6) is 0 Å². The summed E-state index contributed by atoms with van der Waals surface area (Å²) in [6, 6.07) is 14.0. The number of piperazine rings is 1. The minimum absolute atomic E-state index is 0.0546. The molecule has 1 aliphatic rings. The molecule has 0 bridgehead atoms. The van der Waals surface area contributed by atoms with Gasteiger partial charge < -0.3 is 9.80 Å². The average Bonchev–Trinajstić information content (AvgIpc) is 2.67. The summed E-state index contributed by atoms with van der Waals surface area (Å²) < 4.78 is 0. The molecule has 2 aromatic carbocycles. The Morgan fingerprint density at radius 2 is 1.65 bits per heavy atom. The molecule has 0 radical (unpaired) electrons. The molecule has 0 spiro atoms. The zero-order valence-electron chi connectivity index (χ0n) is 14.0. The molecule has 1 aliphatic heterocycles. The highest BCUT2D eigenvalue weighted by atomic mass is 35.5. The lowest BCUT2D eigenvalue weighted by Crippen LogP contribution is -2.49. The molecule has 8 heteroatoms. The molecule has 6 nitrogen and oxygen atoms in total. The van der Waals surface area contributed by atoms with Crippen LogP contribution in [0.25, 0.3) is 0 Å². The molecule has 0 aromatic heterocycles. The first kappa shape index (κ1) is 18.5. The molecule has 0 aliphatic carbocycles. The van der Waals surface area contributed by atoms with Crippen molar-refractivity contribution in [1.82, 2.24) is 4.90 Å². The fourth-order valence-electron chi connectivity index (χ4n) is 2.77. The predicted molar refractivity (Wildman–Crippen MR) is 104 cm³/mol. The van der Waals surface area contributed by atoms with Crippen LogP contribution in [0.2, 0.25) is 5.02 Å². The summed E-state index contributed by atoms with van der Waals surface area (Å²) in [7, 11) is 0. The maximum Gasteiger partial charge on any atom is 0.269 e. The highest BCUT2D eigenvalue weighted by Crippen LogP contribution is 2.23. The molecule has 0 saturated carbocycles. The van der Waals surface area contributed by atoms with Gasteiger partial charge in [-0.2, -0.15) is 0 Å². The number of hydrogen-bond donors (Lipinski definition) is 0. The van der Waals surface area contributed by atoms with Crippen LogP contribution in [0.1, 0.15) is 0 Å². The largest absolute Gasteiger partial charge is 0.368 e. The molecule has 1 fully saturated rings. The number of nitro benzene ring substituents is 1. The van der Waals surface area contributed by atoms with Gasteiger partial charge in [-0.15, -0.1) is 11.8 Å². The third-order valence-corrected chi connectivity index (χ3v) is 5.48. The molecular weight excluding hydrogens is 374 g/mol. The summed E-state index contributed by atoms with van der Waals surface area (Å²) in [5.41, 5.74) is 1.17. The number of carbonyl (C=O) groups excluding carboxylic acids is 1. The van der Waals surface area contributed by atoms with E-state index in [4.69, 9.17) is 11.6 Å². The fourth-order valence-corrected chi connectivity index (χ4v) is 3.69. The zero-order valence-corrected chi connectivity index (χ0v) is 15.6. The molecule has 0 unspecified atom stereocenters. The number of thioether (sulfide) groups is 1. The molecule has 0 atom stereocenters. The van der Waals surface area contributed by atoms with Gasteiger partial charge in [-0.3, -0.25) is 14.9 Å². The van der Waals surface area contributed by atoms with Gasteiger partial charge in [0.2, 0.25) is 5.91 Å². The summed E-state index contributed by atoms with van der Waals surface area (Å²) in [5, 5.41) is 11.4. The number of carbonyl (C=O) groups is 1. The number of benzene rings is 2. The number of hydrogen-bond acceptors (Lipinski definition) is 5. The van der Waals surface area contributed by atoms with Gasteiger partial charge in [0.05, 0.1) is 10.7 Å². The molecule has 3 rings (SSSR count). The van der Waals surface area contributed by atoms with Crippen LogP contribution >= 0.6 is 23.4 Å². The van der Waals surface area contributed by atoms with Crippen molar-refractivity contribution in [3.05, 3.63) is 63.7 Å². The maximum absolute atomic E-state index is 12.4. The monoisotopic (exact) mass is 391 g/mol. The van der Waals surface area contributed by atoms with E-state index in [1.165, 1.54) is 23.9 Å². The number of non-ortho nitro benzene ring substituents is 1. The maximum atomic E-state index is 12.4. The molecule has 1 amide bonds. The molecule has 136 valence electrons. The second-order valence-corrected chi connectivity index (χ2v) is 7.37. The van der Waals surface area contributed by atoms with Gasteiger partial charge in [-0.05, 0) is 36.4 Å². The van der Waals surface area contributed by atoms with Gasteiger partial charge in [0, 0.05) is 53.9 Å². The Balaban J connectivity index is 1.47.